The predicted molar refractivity (Wildman–Crippen MR) is 58.2 cm³/mol. The maximum absolute atomic E-state index is 11.4. The molecule has 1 atom stereocenters. The second-order valence-electron chi connectivity index (χ2n) is 4.59. The molecule has 0 aliphatic heterocycles. The second kappa shape index (κ2) is 5.14. The van der Waals surface area contributed by atoms with Crippen LogP contribution in [-0.2, 0) is 9.59 Å². The third-order valence-corrected chi connectivity index (χ3v) is 2.76. The minimum Gasteiger partial charge on any atom is -0.352 e. The zero-order valence-corrected chi connectivity index (χ0v) is 9.67. The Morgan fingerprint density at radius 1 is 1.27 bits per heavy atom. The Bertz CT molecular complexity index is 247. The van der Waals surface area contributed by atoms with Crippen LogP contribution in [0.3, 0.4) is 0 Å². The van der Waals surface area contributed by atoms with Crippen LogP contribution in [0.15, 0.2) is 0 Å². The van der Waals surface area contributed by atoms with Crippen LogP contribution in [0.5, 0.6) is 0 Å². The van der Waals surface area contributed by atoms with E-state index in [0.717, 1.165) is 12.8 Å². The Morgan fingerprint density at radius 2 is 1.87 bits per heavy atom. The minimum atomic E-state index is -0.106. The molecule has 2 amide bonds. The van der Waals surface area contributed by atoms with Crippen molar-refractivity contribution in [2.75, 3.05) is 6.54 Å². The van der Waals surface area contributed by atoms with Crippen molar-refractivity contribution in [3.63, 3.8) is 0 Å². The Balaban J connectivity index is 2.15. The van der Waals surface area contributed by atoms with Gasteiger partial charge in [-0.1, -0.05) is 13.8 Å². The number of amides is 2. The molecule has 0 radical (unpaired) electrons. The van der Waals surface area contributed by atoms with E-state index < -0.39 is 0 Å². The molecule has 1 saturated carbocycles. The molecule has 4 nitrogen and oxygen atoms in total. The summed E-state index contributed by atoms with van der Waals surface area (Å²) in [6.07, 6.45) is 1.94. The molecule has 0 bridgehead atoms. The predicted octanol–water partition coefficient (Wildman–Crippen LogP) is 0.673. The first-order chi connectivity index (χ1) is 7.00. The molecular formula is C11H20N2O2. The minimum absolute atomic E-state index is 0.0161. The summed E-state index contributed by atoms with van der Waals surface area (Å²) in [5.41, 5.74) is 0. The lowest BCUT2D eigenvalue weighted by molar-refractivity contribution is -0.127. The largest absolute Gasteiger partial charge is 0.352 e. The fraction of sp³-hybridized carbons (Fsp3) is 0.818. The average Bonchev–Trinajstić information content (AvgIpc) is 2.96. The van der Waals surface area contributed by atoms with Crippen molar-refractivity contribution in [2.45, 2.75) is 39.7 Å². The van der Waals surface area contributed by atoms with Crippen molar-refractivity contribution in [3.05, 3.63) is 0 Å². The van der Waals surface area contributed by atoms with Crippen molar-refractivity contribution < 1.29 is 9.59 Å². The van der Waals surface area contributed by atoms with E-state index in [1.165, 1.54) is 0 Å². The molecule has 4 heteroatoms. The molecule has 0 unspecified atom stereocenters. The van der Waals surface area contributed by atoms with Gasteiger partial charge in [0.15, 0.2) is 0 Å². The van der Waals surface area contributed by atoms with Crippen molar-refractivity contribution in [2.24, 2.45) is 11.8 Å². The van der Waals surface area contributed by atoms with Crippen LogP contribution in [0.4, 0.5) is 0 Å². The van der Waals surface area contributed by atoms with Crippen molar-refractivity contribution in [3.8, 4) is 0 Å². The molecule has 0 heterocycles. The number of nitrogens with one attached hydrogen (secondary N) is 2. The summed E-state index contributed by atoms with van der Waals surface area (Å²) >= 11 is 0. The smallest absolute Gasteiger partial charge is 0.239 e. The maximum Gasteiger partial charge on any atom is 0.239 e. The van der Waals surface area contributed by atoms with Gasteiger partial charge in [0, 0.05) is 12.0 Å². The van der Waals surface area contributed by atoms with Gasteiger partial charge in [-0.25, -0.2) is 0 Å². The van der Waals surface area contributed by atoms with Crippen LogP contribution < -0.4 is 10.6 Å². The lowest BCUT2D eigenvalue weighted by Gasteiger charge is -2.17. The number of rotatable bonds is 5. The van der Waals surface area contributed by atoms with Crippen LogP contribution >= 0.6 is 0 Å². The zero-order chi connectivity index (χ0) is 11.4. The van der Waals surface area contributed by atoms with Crippen LogP contribution in [0, 0.1) is 11.8 Å². The fourth-order valence-corrected chi connectivity index (χ4v) is 1.13. The van der Waals surface area contributed by atoms with Gasteiger partial charge in [0.05, 0.1) is 6.54 Å². The van der Waals surface area contributed by atoms with E-state index in [-0.39, 0.29) is 30.3 Å². The monoisotopic (exact) mass is 212 g/mol. The first-order valence-electron chi connectivity index (χ1n) is 5.57. The van der Waals surface area contributed by atoms with E-state index in [9.17, 15) is 9.59 Å². The summed E-state index contributed by atoms with van der Waals surface area (Å²) in [7, 11) is 0. The summed E-state index contributed by atoms with van der Waals surface area (Å²) in [6, 6.07) is 0.148. The van der Waals surface area contributed by atoms with Crippen molar-refractivity contribution in [1.82, 2.24) is 10.6 Å². The van der Waals surface area contributed by atoms with Gasteiger partial charge in [0.2, 0.25) is 11.8 Å². The SMILES string of the molecule is CC(C)[C@H](C)NC(=O)CNC(=O)C1CC1. The molecule has 1 fully saturated rings. The van der Waals surface area contributed by atoms with Crippen molar-refractivity contribution >= 4 is 11.8 Å². The highest BCUT2D eigenvalue weighted by Crippen LogP contribution is 2.28. The lowest BCUT2D eigenvalue weighted by Crippen LogP contribution is -2.43. The van der Waals surface area contributed by atoms with E-state index >= 15 is 0 Å². The topological polar surface area (TPSA) is 58.2 Å². The fourth-order valence-electron chi connectivity index (χ4n) is 1.13. The van der Waals surface area contributed by atoms with Gasteiger partial charge < -0.3 is 10.6 Å². The third kappa shape index (κ3) is 4.32. The molecule has 1 aliphatic rings. The van der Waals surface area contributed by atoms with Gasteiger partial charge in [0.25, 0.3) is 0 Å². The zero-order valence-electron chi connectivity index (χ0n) is 9.67. The van der Waals surface area contributed by atoms with Gasteiger partial charge in [-0.2, -0.15) is 0 Å². The summed E-state index contributed by atoms with van der Waals surface area (Å²) < 4.78 is 0. The van der Waals surface area contributed by atoms with E-state index in [0.29, 0.717) is 5.92 Å². The van der Waals surface area contributed by atoms with E-state index in [2.05, 4.69) is 10.6 Å². The van der Waals surface area contributed by atoms with Crippen LogP contribution in [0.25, 0.3) is 0 Å². The highest BCUT2D eigenvalue weighted by molar-refractivity contribution is 5.86. The first-order valence-corrected chi connectivity index (χ1v) is 5.57. The molecule has 15 heavy (non-hydrogen) atoms. The highest BCUT2D eigenvalue weighted by Gasteiger charge is 2.29. The lowest BCUT2D eigenvalue weighted by atomic mass is 10.1. The quantitative estimate of drug-likeness (QED) is 0.704. The number of hydrogen-bond donors (Lipinski definition) is 2. The molecule has 2 N–H and O–H groups in total. The Labute approximate surface area is 90.8 Å². The van der Waals surface area contributed by atoms with Crippen LogP contribution in [-0.4, -0.2) is 24.4 Å². The van der Waals surface area contributed by atoms with E-state index in [1.807, 2.05) is 20.8 Å². The standard InChI is InChI=1S/C11H20N2O2/c1-7(2)8(3)13-10(14)6-12-11(15)9-4-5-9/h7-9H,4-6H2,1-3H3,(H,12,15)(H,13,14)/t8-/m0/s1. The van der Waals surface area contributed by atoms with E-state index in [4.69, 9.17) is 0 Å². The van der Waals surface area contributed by atoms with Gasteiger partial charge in [0.1, 0.15) is 0 Å². The van der Waals surface area contributed by atoms with E-state index in [1.54, 1.807) is 0 Å². The van der Waals surface area contributed by atoms with Crippen LogP contribution in [0.1, 0.15) is 33.6 Å². The Kier molecular flexibility index (Phi) is 4.12. The summed E-state index contributed by atoms with van der Waals surface area (Å²) in [5, 5.41) is 5.48. The molecule has 0 spiro atoms. The molecule has 0 aromatic heterocycles. The number of carbonyl (C=O) groups is 2. The Morgan fingerprint density at radius 3 is 2.33 bits per heavy atom. The van der Waals surface area contributed by atoms with Gasteiger partial charge in [-0.3, -0.25) is 9.59 Å². The van der Waals surface area contributed by atoms with Gasteiger partial charge in [-0.05, 0) is 25.7 Å². The molecule has 0 saturated heterocycles. The van der Waals surface area contributed by atoms with Gasteiger partial charge >= 0.3 is 0 Å². The average molecular weight is 212 g/mol. The molecule has 0 aromatic carbocycles. The maximum atomic E-state index is 11.4. The van der Waals surface area contributed by atoms with Crippen molar-refractivity contribution in [1.29, 1.82) is 0 Å². The molecule has 1 rings (SSSR count). The second-order valence-corrected chi connectivity index (χ2v) is 4.59. The summed E-state index contributed by atoms with van der Waals surface area (Å²) in [5.74, 6) is 0.487. The third-order valence-electron chi connectivity index (χ3n) is 2.76. The Hall–Kier alpha value is -1.06. The molecule has 0 aromatic rings. The van der Waals surface area contributed by atoms with Gasteiger partial charge in [-0.15, -0.1) is 0 Å². The molecular weight excluding hydrogens is 192 g/mol. The number of hydrogen-bond acceptors (Lipinski definition) is 2. The summed E-state index contributed by atoms with van der Waals surface area (Å²) in [4.78, 5) is 22.6. The summed E-state index contributed by atoms with van der Waals surface area (Å²) in [6.45, 7) is 6.17. The highest BCUT2D eigenvalue weighted by atomic mass is 16.2. The van der Waals surface area contributed by atoms with Crippen LogP contribution in [0.2, 0.25) is 0 Å². The molecule has 86 valence electrons. The normalized spacial score (nSPS) is 17.3. The first kappa shape index (κ1) is 12.0. The molecule has 1 aliphatic carbocycles. The number of carbonyl (C=O) groups excluding carboxylic acids is 2.